The topological polar surface area (TPSA) is 90.4 Å². The van der Waals surface area contributed by atoms with Gasteiger partial charge >= 0.3 is 0 Å². The van der Waals surface area contributed by atoms with Gasteiger partial charge in [-0.2, -0.15) is 0 Å². The van der Waals surface area contributed by atoms with Gasteiger partial charge in [-0.3, -0.25) is 4.79 Å². The van der Waals surface area contributed by atoms with Crippen molar-refractivity contribution in [3.63, 3.8) is 0 Å². The molecule has 104 valence electrons. The molecule has 0 spiro atoms. The van der Waals surface area contributed by atoms with Crippen LogP contribution in [-0.2, 0) is 0 Å². The number of para-hydroxylation sites is 1. The lowest BCUT2D eigenvalue weighted by Gasteiger charge is -2.15. The van der Waals surface area contributed by atoms with Gasteiger partial charge in [-0.05, 0) is 42.8 Å². The summed E-state index contributed by atoms with van der Waals surface area (Å²) in [6.45, 7) is 1.94. The molecular formula is C15H17N3O2. The fraction of sp³-hybridized carbons (Fsp3) is 0.133. The van der Waals surface area contributed by atoms with Crippen LogP contribution in [0.4, 0.5) is 17.1 Å². The Labute approximate surface area is 117 Å². The molecule has 2 aromatic carbocycles. The molecule has 0 aliphatic rings. The van der Waals surface area contributed by atoms with Crippen LogP contribution >= 0.6 is 0 Å². The number of anilines is 3. The van der Waals surface area contributed by atoms with E-state index in [1.165, 1.54) is 0 Å². The number of hydrogen-bond acceptors (Lipinski definition) is 4. The Kier molecular flexibility index (Phi) is 3.79. The predicted molar refractivity (Wildman–Crippen MR) is 80.4 cm³/mol. The van der Waals surface area contributed by atoms with Crippen molar-refractivity contribution in [1.29, 1.82) is 0 Å². The Morgan fingerprint density at radius 2 is 2.00 bits per heavy atom. The number of primary amides is 1. The van der Waals surface area contributed by atoms with E-state index in [9.17, 15) is 4.79 Å². The minimum absolute atomic E-state index is 0.361. The molecule has 5 N–H and O–H groups in total. The number of nitrogen functional groups attached to an aromatic ring is 1. The summed E-state index contributed by atoms with van der Waals surface area (Å²) in [6.07, 6.45) is 0. The first-order valence-electron chi connectivity index (χ1n) is 6.13. The van der Waals surface area contributed by atoms with E-state index in [-0.39, 0.29) is 0 Å². The minimum atomic E-state index is -0.522. The van der Waals surface area contributed by atoms with Crippen LogP contribution in [0.15, 0.2) is 36.4 Å². The molecule has 2 rings (SSSR count). The van der Waals surface area contributed by atoms with Gasteiger partial charge in [-0.25, -0.2) is 0 Å². The highest BCUT2D eigenvalue weighted by Crippen LogP contribution is 2.30. The van der Waals surface area contributed by atoms with E-state index in [1.807, 2.05) is 25.1 Å². The van der Waals surface area contributed by atoms with Gasteiger partial charge in [0.15, 0.2) is 0 Å². The molecule has 0 heterocycles. The maximum absolute atomic E-state index is 11.5. The van der Waals surface area contributed by atoms with Crippen LogP contribution < -0.4 is 21.5 Å². The number of benzene rings is 2. The number of hydrogen-bond donors (Lipinski definition) is 3. The van der Waals surface area contributed by atoms with E-state index in [1.54, 1.807) is 25.3 Å². The lowest BCUT2D eigenvalue weighted by atomic mass is 10.1. The number of nitrogens with one attached hydrogen (secondary N) is 1. The van der Waals surface area contributed by atoms with Crippen molar-refractivity contribution >= 4 is 23.0 Å². The number of carbonyl (C=O) groups is 1. The van der Waals surface area contributed by atoms with Crippen molar-refractivity contribution in [3.05, 3.63) is 47.5 Å². The Morgan fingerprint density at radius 3 is 2.60 bits per heavy atom. The zero-order chi connectivity index (χ0) is 14.7. The van der Waals surface area contributed by atoms with E-state index < -0.39 is 5.91 Å². The van der Waals surface area contributed by atoms with E-state index in [0.717, 1.165) is 17.0 Å². The number of ether oxygens (including phenoxy) is 1. The quantitative estimate of drug-likeness (QED) is 0.745. The summed E-state index contributed by atoms with van der Waals surface area (Å²) in [7, 11) is 1.61. The molecule has 5 heteroatoms. The van der Waals surface area contributed by atoms with Gasteiger partial charge in [-0.1, -0.05) is 6.07 Å². The number of carbonyl (C=O) groups excluding carboxylic acids is 1. The number of nitrogens with two attached hydrogens (primary N) is 2. The molecule has 0 unspecified atom stereocenters. The second-order valence-electron chi connectivity index (χ2n) is 4.44. The summed E-state index contributed by atoms with van der Waals surface area (Å²) in [4.78, 5) is 11.5. The Morgan fingerprint density at radius 1 is 1.25 bits per heavy atom. The van der Waals surface area contributed by atoms with Gasteiger partial charge in [0, 0.05) is 5.69 Å². The molecule has 0 saturated carbocycles. The summed E-state index contributed by atoms with van der Waals surface area (Å²) in [5, 5.41) is 3.16. The van der Waals surface area contributed by atoms with Crippen molar-refractivity contribution in [2.24, 2.45) is 5.73 Å². The van der Waals surface area contributed by atoms with Crippen LogP contribution in [0, 0.1) is 6.92 Å². The molecule has 5 nitrogen and oxygen atoms in total. The van der Waals surface area contributed by atoms with Gasteiger partial charge in [-0.15, -0.1) is 0 Å². The van der Waals surface area contributed by atoms with Crippen LogP contribution in [-0.4, -0.2) is 13.0 Å². The molecule has 1 amide bonds. The molecule has 0 aliphatic heterocycles. The van der Waals surface area contributed by atoms with E-state index in [0.29, 0.717) is 16.9 Å². The number of aryl methyl sites for hydroxylation is 1. The second kappa shape index (κ2) is 5.52. The van der Waals surface area contributed by atoms with Gasteiger partial charge in [0.2, 0.25) is 0 Å². The fourth-order valence-electron chi connectivity index (χ4n) is 1.95. The Hall–Kier alpha value is -2.69. The molecule has 0 atom stereocenters. The molecule has 0 bridgehead atoms. The summed E-state index contributed by atoms with van der Waals surface area (Å²) in [6, 6.07) is 10.6. The Bertz CT molecular complexity index is 654. The largest absolute Gasteiger partial charge is 0.497 e. The highest BCUT2D eigenvalue weighted by Gasteiger charge is 2.12. The third kappa shape index (κ3) is 2.66. The van der Waals surface area contributed by atoms with E-state index >= 15 is 0 Å². The SMILES string of the molecule is COc1ccc(Nc2c(N)cccc2C(N)=O)c(C)c1. The second-order valence-corrected chi connectivity index (χ2v) is 4.44. The summed E-state index contributed by atoms with van der Waals surface area (Å²) >= 11 is 0. The average molecular weight is 271 g/mol. The average Bonchev–Trinajstić information content (AvgIpc) is 2.42. The summed E-state index contributed by atoms with van der Waals surface area (Å²) in [5.74, 6) is 0.246. The van der Waals surface area contributed by atoms with Crippen molar-refractivity contribution in [2.75, 3.05) is 18.2 Å². The molecular weight excluding hydrogens is 254 g/mol. The third-order valence-electron chi connectivity index (χ3n) is 3.06. The predicted octanol–water partition coefficient (Wildman–Crippen LogP) is 2.43. The number of methoxy groups -OCH3 is 1. The number of rotatable bonds is 4. The van der Waals surface area contributed by atoms with E-state index in [2.05, 4.69) is 5.32 Å². The highest BCUT2D eigenvalue weighted by atomic mass is 16.5. The molecule has 0 aromatic heterocycles. The standard InChI is InChI=1S/C15H17N3O2/c1-9-8-10(20-2)6-7-13(9)18-14-11(15(17)19)4-3-5-12(14)16/h3-8,18H,16H2,1-2H3,(H2,17,19). The monoisotopic (exact) mass is 271 g/mol. The molecule has 0 aliphatic carbocycles. The molecule has 0 fully saturated rings. The highest BCUT2D eigenvalue weighted by molar-refractivity contribution is 6.02. The molecule has 0 radical (unpaired) electrons. The Balaban J connectivity index is 2.42. The van der Waals surface area contributed by atoms with Crippen LogP contribution in [0.5, 0.6) is 5.75 Å². The fourth-order valence-corrected chi connectivity index (χ4v) is 1.95. The third-order valence-corrected chi connectivity index (χ3v) is 3.06. The van der Waals surface area contributed by atoms with Crippen LogP contribution in [0.25, 0.3) is 0 Å². The lowest BCUT2D eigenvalue weighted by Crippen LogP contribution is -2.14. The first-order chi connectivity index (χ1) is 9.52. The number of amides is 1. The van der Waals surface area contributed by atoms with Crippen LogP contribution in [0.2, 0.25) is 0 Å². The van der Waals surface area contributed by atoms with Crippen molar-refractivity contribution in [3.8, 4) is 5.75 Å². The van der Waals surface area contributed by atoms with Gasteiger partial charge in [0.1, 0.15) is 5.75 Å². The molecule has 20 heavy (non-hydrogen) atoms. The maximum atomic E-state index is 11.5. The van der Waals surface area contributed by atoms with Crippen molar-refractivity contribution in [1.82, 2.24) is 0 Å². The summed E-state index contributed by atoms with van der Waals surface area (Å²) < 4.78 is 5.16. The van der Waals surface area contributed by atoms with Crippen molar-refractivity contribution in [2.45, 2.75) is 6.92 Å². The molecule has 0 saturated heterocycles. The first kappa shape index (κ1) is 13.7. The van der Waals surface area contributed by atoms with Gasteiger partial charge in [0.05, 0.1) is 24.0 Å². The van der Waals surface area contributed by atoms with Gasteiger partial charge < -0.3 is 21.5 Å². The van der Waals surface area contributed by atoms with Crippen molar-refractivity contribution < 1.29 is 9.53 Å². The van der Waals surface area contributed by atoms with Crippen LogP contribution in [0.1, 0.15) is 15.9 Å². The first-order valence-corrected chi connectivity index (χ1v) is 6.13. The zero-order valence-electron chi connectivity index (χ0n) is 11.4. The molecule has 2 aromatic rings. The maximum Gasteiger partial charge on any atom is 0.250 e. The van der Waals surface area contributed by atoms with Crippen LogP contribution in [0.3, 0.4) is 0 Å². The zero-order valence-corrected chi connectivity index (χ0v) is 11.4. The lowest BCUT2D eigenvalue weighted by molar-refractivity contribution is 0.100. The summed E-state index contributed by atoms with van der Waals surface area (Å²) in [5.41, 5.74) is 14.5. The normalized spacial score (nSPS) is 10.1. The smallest absolute Gasteiger partial charge is 0.250 e. The minimum Gasteiger partial charge on any atom is -0.497 e. The van der Waals surface area contributed by atoms with Gasteiger partial charge in [0.25, 0.3) is 5.91 Å². The van der Waals surface area contributed by atoms with E-state index in [4.69, 9.17) is 16.2 Å².